The smallest absolute Gasteiger partial charge is 0.399 e. The Labute approximate surface area is 209 Å². The molecule has 7 nitrogen and oxygen atoms in total. The van der Waals surface area contributed by atoms with Crippen molar-refractivity contribution in [3.05, 3.63) is 59.7 Å². The summed E-state index contributed by atoms with van der Waals surface area (Å²) in [6, 6.07) is 6.93. The Balaban J connectivity index is 1.48. The van der Waals surface area contributed by atoms with Gasteiger partial charge in [-0.1, -0.05) is 6.07 Å². The number of carbonyl (C=O) groups excluding carboxylic acids is 1. The largest absolute Gasteiger partial charge is 0.494 e. The molecular formula is C24H28BF3N2O5S. The Morgan fingerprint density at radius 1 is 1.06 bits per heavy atom. The normalized spacial score (nSPS) is 23.7. The molecule has 0 unspecified atom stereocenters. The summed E-state index contributed by atoms with van der Waals surface area (Å²) in [6.07, 6.45) is -1.87. The van der Waals surface area contributed by atoms with Gasteiger partial charge in [0.1, 0.15) is 23.8 Å². The van der Waals surface area contributed by atoms with Crippen LogP contribution in [0.15, 0.2) is 47.4 Å². The van der Waals surface area contributed by atoms with Crippen LogP contribution in [0.1, 0.15) is 39.7 Å². The van der Waals surface area contributed by atoms with Gasteiger partial charge in [0.2, 0.25) is 15.9 Å². The monoisotopic (exact) mass is 524 g/mol. The number of nitrogens with zero attached hydrogens (tertiary/aromatic N) is 1. The van der Waals surface area contributed by atoms with E-state index in [-0.39, 0.29) is 17.9 Å². The summed E-state index contributed by atoms with van der Waals surface area (Å²) in [7, 11) is -5.05. The summed E-state index contributed by atoms with van der Waals surface area (Å²) in [5.74, 6) is -1.90. The molecule has 2 aliphatic heterocycles. The Morgan fingerprint density at radius 2 is 1.67 bits per heavy atom. The maximum Gasteiger partial charge on any atom is 0.494 e. The van der Waals surface area contributed by atoms with Gasteiger partial charge < -0.3 is 14.6 Å². The molecule has 0 saturated carbocycles. The van der Waals surface area contributed by atoms with Gasteiger partial charge >= 0.3 is 7.12 Å². The van der Waals surface area contributed by atoms with Crippen molar-refractivity contribution >= 4 is 28.5 Å². The minimum Gasteiger partial charge on any atom is -0.399 e. The van der Waals surface area contributed by atoms with Gasteiger partial charge in [0.15, 0.2) is 0 Å². The van der Waals surface area contributed by atoms with E-state index in [1.54, 1.807) is 6.07 Å². The van der Waals surface area contributed by atoms with Gasteiger partial charge in [0, 0.05) is 19.5 Å². The van der Waals surface area contributed by atoms with E-state index in [0.29, 0.717) is 11.0 Å². The average Bonchev–Trinajstić information content (AvgIpc) is 3.28. The van der Waals surface area contributed by atoms with Crippen LogP contribution in [0.4, 0.5) is 13.2 Å². The summed E-state index contributed by atoms with van der Waals surface area (Å²) in [5, 5.41) is 2.58. The molecule has 2 aromatic rings. The lowest BCUT2D eigenvalue weighted by molar-refractivity contribution is -0.124. The second kappa shape index (κ2) is 9.48. The molecule has 2 aliphatic rings. The first-order valence-corrected chi connectivity index (χ1v) is 13.0. The molecule has 194 valence electrons. The van der Waals surface area contributed by atoms with E-state index in [4.69, 9.17) is 9.31 Å². The number of nitrogens with one attached hydrogen (secondary N) is 1. The first kappa shape index (κ1) is 26.7. The van der Waals surface area contributed by atoms with E-state index in [1.165, 1.54) is 12.1 Å². The molecule has 2 saturated heterocycles. The number of hydrogen-bond donors (Lipinski definition) is 1. The Kier molecular flexibility index (Phi) is 7.02. The lowest BCUT2D eigenvalue weighted by Crippen LogP contribution is -2.45. The van der Waals surface area contributed by atoms with E-state index in [9.17, 15) is 26.4 Å². The van der Waals surface area contributed by atoms with Gasteiger partial charge in [-0.3, -0.25) is 4.79 Å². The molecular weight excluding hydrogens is 496 g/mol. The van der Waals surface area contributed by atoms with Crippen molar-refractivity contribution in [3.8, 4) is 0 Å². The Hall–Kier alpha value is -2.41. The predicted molar refractivity (Wildman–Crippen MR) is 128 cm³/mol. The van der Waals surface area contributed by atoms with Crippen LogP contribution in [-0.4, -0.2) is 55.7 Å². The Bertz CT molecular complexity index is 1240. The highest BCUT2D eigenvalue weighted by atomic mass is 32.2. The highest BCUT2D eigenvalue weighted by Gasteiger charge is 2.52. The molecule has 36 heavy (non-hydrogen) atoms. The molecule has 0 spiro atoms. The molecule has 0 bridgehead atoms. The molecule has 12 heteroatoms. The van der Waals surface area contributed by atoms with Gasteiger partial charge in [-0.2, -0.15) is 4.31 Å². The second-order valence-electron chi connectivity index (χ2n) is 10.1. The van der Waals surface area contributed by atoms with Crippen molar-refractivity contribution in [2.45, 2.75) is 69.0 Å². The topological polar surface area (TPSA) is 84.9 Å². The van der Waals surface area contributed by atoms with Crippen molar-refractivity contribution in [3.63, 3.8) is 0 Å². The van der Waals surface area contributed by atoms with Crippen LogP contribution in [0.5, 0.6) is 0 Å². The Morgan fingerprint density at radius 3 is 2.28 bits per heavy atom. The van der Waals surface area contributed by atoms with E-state index >= 15 is 0 Å². The average molecular weight is 524 g/mol. The van der Waals surface area contributed by atoms with E-state index in [0.717, 1.165) is 28.6 Å². The number of amides is 1. The maximum absolute atomic E-state index is 14.4. The van der Waals surface area contributed by atoms with Crippen LogP contribution in [0.3, 0.4) is 0 Å². The first-order chi connectivity index (χ1) is 16.7. The van der Waals surface area contributed by atoms with Crippen LogP contribution in [0.25, 0.3) is 0 Å². The quantitative estimate of drug-likeness (QED) is 0.588. The van der Waals surface area contributed by atoms with Gasteiger partial charge in [-0.15, -0.1) is 0 Å². The van der Waals surface area contributed by atoms with Crippen molar-refractivity contribution < 1.29 is 35.7 Å². The van der Waals surface area contributed by atoms with Crippen LogP contribution >= 0.6 is 0 Å². The summed E-state index contributed by atoms with van der Waals surface area (Å²) in [4.78, 5) is 12.7. The zero-order chi connectivity index (χ0) is 26.5. The highest BCUT2D eigenvalue weighted by molar-refractivity contribution is 7.89. The molecule has 4 rings (SSSR count). The summed E-state index contributed by atoms with van der Waals surface area (Å²) < 4.78 is 80.6. The zero-order valence-corrected chi connectivity index (χ0v) is 21.2. The minimum atomic E-state index is -4.24. The molecule has 1 amide bonds. The second-order valence-corrected chi connectivity index (χ2v) is 12.0. The van der Waals surface area contributed by atoms with Crippen LogP contribution in [0.2, 0.25) is 0 Å². The number of rotatable bonds is 6. The van der Waals surface area contributed by atoms with E-state index in [1.807, 2.05) is 27.7 Å². The van der Waals surface area contributed by atoms with E-state index < -0.39 is 64.6 Å². The van der Waals surface area contributed by atoms with Gasteiger partial charge in [-0.05, 0) is 75.1 Å². The number of benzene rings is 2. The van der Waals surface area contributed by atoms with E-state index in [2.05, 4.69) is 5.32 Å². The number of alkyl halides is 1. The molecule has 0 aliphatic carbocycles. The third-order valence-electron chi connectivity index (χ3n) is 6.90. The van der Waals surface area contributed by atoms with Gasteiger partial charge in [0.05, 0.1) is 16.1 Å². The molecule has 0 aromatic heterocycles. The van der Waals surface area contributed by atoms with Crippen molar-refractivity contribution in [1.29, 1.82) is 0 Å². The van der Waals surface area contributed by atoms with Gasteiger partial charge in [-0.25, -0.2) is 21.6 Å². The highest BCUT2D eigenvalue weighted by Crippen LogP contribution is 2.36. The minimum absolute atomic E-state index is 0.124. The molecule has 2 atom stereocenters. The van der Waals surface area contributed by atoms with Crippen molar-refractivity contribution in [2.75, 3.05) is 6.54 Å². The fourth-order valence-electron chi connectivity index (χ4n) is 4.20. The lowest BCUT2D eigenvalue weighted by atomic mass is 9.78. The maximum atomic E-state index is 14.4. The first-order valence-electron chi connectivity index (χ1n) is 11.5. The van der Waals surface area contributed by atoms with Crippen molar-refractivity contribution in [1.82, 2.24) is 9.62 Å². The van der Waals surface area contributed by atoms with Crippen LogP contribution in [-0.2, 0) is 30.7 Å². The third kappa shape index (κ3) is 5.18. The summed E-state index contributed by atoms with van der Waals surface area (Å²) in [5.41, 5.74) is -0.411. The predicted octanol–water partition coefficient (Wildman–Crippen LogP) is 2.68. The number of hydrogen-bond acceptors (Lipinski definition) is 5. The molecule has 2 heterocycles. The summed E-state index contributed by atoms with van der Waals surface area (Å²) >= 11 is 0. The van der Waals surface area contributed by atoms with Crippen molar-refractivity contribution in [2.24, 2.45) is 0 Å². The fraction of sp³-hybridized carbons (Fsp3) is 0.458. The zero-order valence-electron chi connectivity index (χ0n) is 20.4. The lowest BCUT2D eigenvalue weighted by Gasteiger charge is -2.32. The van der Waals surface area contributed by atoms with Gasteiger partial charge in [0.25, 0.3) is 0 Å². The number of halogens is 3. The molecule has 2 fully saturated rings. The SMILES string of the molecule is CC1(C)OB(c2cc(F)cc(CNC(=O)[C@@H]3C[C@@H](F)CN3S(=O)(=O)c3ccc(F)cc3)c2)OC1(C)C. The van der Waals surface area contributed by atoms with Crippen LogP contribution in [0, 0.1) is 11.6 Å². The van der Waals surface area contributed by atoms with Crippen LogP contribution < -0.4 is 10.8 Å². The standard InChI is InChI=1S/C24H28BF3N2O5S/c1-23(2)24(3,4)35-25(34-23)16-9-15(10-18(27)11-16)13-29-22(31)21-12-19(28)14-30(21)36(32,33)20-7-5-17(26)6-8-20/h5-11,19,21H,12-14H2,1-4H3,(H,29,31)/t19-,21+/m1/s1. The fourth-order valence-corrected chi connectivity index (χ4v) is 5.83. The molecule has 0 radical (unpaired) electrons. The number of carbonyl (C=O) groups is 1. The molecule has 2 aromatic carbocycles. The molecule has 1 N–H and O–H groups in total. The third-order valence-corrected chi connectivity index (χ3v) is 8.79. The number of sulfonamides is 1. The summed E-state index contributed by atoms with van der Waals surface area (Å²) in [6.45, 7) is 6.88.